The topological polar surface area (TPSA) is 17.1 Å². The van der Waals surface area contributed by atoms with Crippen LogP contribution < -0.4 is 0 Å². The minimum atomic E-state index is -0.660. The molecule has 0 spiro atoms. The highest BCUT2D eigenvalue weighted by Gasteiger charge is 2.37. The van der Waals surface area contributed by atoms with E-state index in [0.29, 0.717) is 0 Å². The molecule has 1 fully saturated rings. The quantitative estimate of drug-likeness (QED) is 0.700. The second-order valence-electron chi connectivity index (χ2n) is 6.25. The van der Waals surface area contributed by atoms with E-state index in [1.807, 2.05) is 0 Å². The second kappa shape index (κ2) is 5.92. The molecule has 0 heterocycles. The van der Waals surface area contributed by atoms with Crippen molar-refractivity contribution in [3.8, 4) is 0 Å². The van der Waals surface area contributed by atoms with Crippen molar-refractivity contribution in [3.63, 3.8) is 0 Å². The van der Waals surface area contributed by atoms with Gasteiger partial charge in [-0.1, -0.05) is 26.7 Å². The largest absolute Gasteiger partial charge is 0.299 e. The van der Waals surface area contributed by atoms with Crippen LogP contribution in [-0.4, -0.2) is 5.78 Å². The van der Waals surface area contributed by atoms with Crippen LogP contribution in [0.2, 0.25) is 0 Å². The molecule has 0 saturated heterocycles. The number of hydrogen-bond acceptors (Lipinski definition) is 1. The Morgan fingerprint density at radius 3 is 2.70 bits per heavy atom. The fourth-order valence-corrected chi connectivity index (χ4v) is 3.49. The predicted molar refractivity (Wildman–Crippen MR) is 78.5 cm³/mol. The van der Waals surface area contributed by atoms with Crippen LogP contribution in [0.3, 0.4) is 0 Å². The summed E-state index contributed by atoms with van der Waals surface area (Å²) in [6, 6.07) is 2.52. The highest BCUT2D eigenvalue weighted by atomic mass is 79.9. The van der Waals surface area contributed by atoms with Crippen LogP contribution in [0.5, 0.6) is 0 Å². The van der Waals surface area contributed by atoms with Crippen LogP contribution >= 0.6 is 15.9 Å². The molecule has 2 rings (SSSR count). The molecule has 1 atom stereocenters. The molecule has 4 heteroatoms. The Kier molecular flexibility index (Phi) is 4.62. The Bertz CT molecular complexity index is 525. The monoisotopic (exact) mass is 344 g/mol. The van der Waals surface area contributed by atoms with Gasteiger partial charge in [0.25, 0.3) is 0 Å². The van der Waals surface area contributed by atoms with E-state index in [1.165, 1.54) is 12.1 Å². The third kappa shape index (κ3) is 3.11. The van der Waals surface area contributed by atoms with Crippen molar-refractivity contribution in [1.29, 1.82) is 0 Å². The number of Topliss-reactive ketones (excluding diaryl/α,β-unsaturated/α-hetero) is 1. The van der Waals surface area contributed by atoms with Gasteiger partial charge in [0.2, 0.25) is 0 Å². The van der Waals surface area contributed by atoms with Crippen molar-refractivity contribution in [2.75, 3.05) is 0 Å². The Labute approximate surface area is 126 Å². The number of rotatable bonds is 3. The van der Waals surface area contributed by atoms with Crippen molar-refractivity contribution < 1.29 is 13.6 Å². The third-order valence-electron chi connectivity index (χ3n) is 4.39. The predicted octanol–water partition coefficient (Wildman–Crippen LogP) is 5.06. The van der Waals surface area contributed by atoms with Gasteiger partial charge in [-0.05, 0) is 46.3 Å². The Hall–Kier alpha value is -0.770. The van der Waals surface area contributed by atoms with E-state index in [0.717, 1.165) is 25.7 Å². The van der Waals surface area contributed by atoms with E-state index in [2.05, 4.69) is 29.8 Å². The van der Waals surface area contributed by atoms with Crippen molar-refractivity contribution >= 4 is 21.7 Å². The first-order valence-electron chi connectivity index (χ1n) is 6.98. The number of ketones is 1. The number of hydrogen-bond donors (Lipinski definition) is 0. The molecule has 1 saturated carbocycles. The second-order valence-corrected chi connectivity index (χ2v) is 7.11. The van der Waals surface area contributed by atoms with Gasteiger partial charge in [-0.3, -0.25) is 4.79 Å². The van der Waals surface area contributed by atoms with E-state index in [9.17, 15) is 13.6 Å². The highest BCUT2D eigenvalue weighted by molar-refractivity contribution is 9.10. The van der Waals surface area contributed by atoms with Crippen LogP contribution in [0, 0.1) is 23.0 Å². The summed E-state index contributed by atoms with van der Waals surface area (Å²) in [5.41, 5.74) is -0.195. The van der Waals surface area contributed by atoms with Crippen LogP contribution in [-0.2, 0) is 11.2 Å². The Balaban J connectivity index is 2.22. The molecule has 1 aromatic carbocycles. The summed E-state index contributed by atoms with van der Waals surface area (Å²) < 4.78 is 27.9. The molecule has 0 N–H and O–H groups in total. The van der Waals surface area contributed by atoms with Crippen molar-refractivity contribution in [1.82, 2.24) is 0 Å². The molecule has 0 bridgehead atoms. The van der Waals surface area contributed by atoms with Crippen LogP contribution in [0.25, 0.3) is 0 Å². The van der Waals surface area contributed by atoms with E-state index in [1.54, 1.807) is 0 Å². The number of halogens is 3. The van der Waals surface area contributed by atoms with Gasteiger partial charge in [0.15, 0.2) is 0 Å². The molecule has 1 nitrogen and oxygen atoms in total. The summed E-state index contributed by atoms with van der Waals surface area (Å²) in [7, 11) is 0. The lowest BCUT2D eigenvalue weighted by Gasteiger charge is -2.37. The number of carbonyl (C=O) groups excluding carboxylic acids is 1. The lowest BCUT2D eigenvalue weighted by molar-refractivity contribution is -0.127. The fourth-order valence-electron chi connectivity index (χ4n) is 3.12. The van der Waals surface area contributed by atoms with Crippen LogP contribution in [0.15, 0.2) is 16.6 Å². The fraction of sp³-hybridized carbons (Fsp3) is 0.562. The maximum atomic E-state index is 13.9. The molecule has 110 valence electrons. The standard InChI is InChI=1S/C16H19BrF2O/c1-16(2)8-4-3-5-11(16)14(20)9-10-13(18)7-6-12(17)15(10)19/h6-7,11H,3-5,8-9H2,1-2H3. The SMILES string of the molecule is CC1(C)CCCCC1C(=O)Cc1c(F)ccc(Br)c1F. The van der Waals surface area contributed by atoms with Gasteiger partial charge in [0, 0.05) is 17.9 Å². The molecule has 0 aromatic heterocycles. The smallest absolute Gasteiger partial charge is 0.143 e. The maximum absolute atomic E-state index is 13.9. The molecule has 1 aliphatic carbocycles. The zero-order chi connectivity index (χ0) is 14.9. The summed E-state index contributed by atoms with van der Waals surface area (Å²) in [6.07, 6.45) is 3.79. The van der Waals surface area contributed by atoms with Crippen molar-refractivity contribution in [3.05, 3.63) is 33.8 Å². The first-order valence-corrected chi connectivity index (χ1v) is 7.77. The van der Waals surface area contributed by atoms with Gasteiger partial charge in [-0.15, -0.1) is 0 Å². The van der Waals surface area contributed by atoms with Gasteiger partial charge in [-0.2, -0.15) is 0 Å². The van der Waals surface area contributed by atoms with Gasteiger partial charge >= 0.3 is 0 Å². The summed E-state index contributed by atoms with van der Waals surface area (Å²) in [5, 5.41) is 0. The van der Waals surface area contributed by atoms with Gasteiger partial charge in [0.1, 0.15) is 17.4 Å². The van der Waals surface area contributed by atoms with Gasteiger partial charge in [-0.25, -0.2) is 8.78 Å². The molecule has 20 heavy (non-hydrogen) atoms. The van der Waals surface area contributed by atoms with Gasteiger partial charge in [0.05, 0.1) is 4.47 Å². The molecule has 1 unspecified atom stereocenters. The molecule has 0 amide bonds. The molecule has 1 aromatic rings. The number of carbonyl (C=O) groups is 1. The molecule has 0 radical (unpaired) electrons. The lowest BCUT2D eigenvalue weighted by Crippen LogP contribution is -2.35. The normalized spacial score (nSPS) is 21.8. The molecular formula is C16H19BrF2O. The van der Waals surface area contributed by atoms with Crippen LogP contribution in [0.1, 0.15) is 45.1 Å². The summed E-state index contributed by atoms with van der Waals surface area (Å²) >= 11 is 3.04. The van der Waals surface area contributed by atoms with E-state index in [4.69, 9.17) is 0 Å². The minimum Gasteiger partial charge on any atom is -0.299 e. The average molecular weight is 345 g/mol. The summed E-state index contributed by atoms with van der Waals surface area (Å²) in [6.45, 7) is 4.14. The van der Waals surface area contributed by atoms with E-state index < -0.39 is 11.6 Å². The lowest BCUT2D eigenvalue weighted by atomic mass is 9.66. The first-order chi connectivity index (χ1) is 9.33. The average Bonchev–Trinajstić information content (AvgIpc) is 2.38. The van der Waals surface area contributed by atoms with E-state index >= 15 is 0 Å². The summed E-state index contributed by atoms with van der Waals surface area (Å²) in [5.74, 6) is -1.46. The molecule has 1 aliphatic rings. The molecular weight excluding hydrogens is 326 g/mol. The van der Waals surface area contributed by atoms with Crippen molar-refractivity contribution in [2.45, 2.75) is 46.0 Å². The van der Waals surface area contributed by atoms with E-state index in [-0.39, 0.29) is 33.6 Å². The summed E-state index contributed by atoms with van der Waals surface area (Å²) in [4.78, 5) is 12.5. The zero-order valence-electron chi connectivity index (χ0n) is 11.8. The zero-order valence-corrected chi connectivity index (χ0v) is 13.4. The Morgan fingerprint density at radius 2 is 2.05 bits per heavy atom. The van der Waals surface area contributed by atoms with Crippen LogP contribution in [0.4, 0.5) is 8.78 Å². The molecule has 0 aliphatic heterocycles. The Morgan fingerprint density at radius 1 is 1.35 bits per heavy atom. The highest BCUT2D eigenvalue weighted by Crippen LogP contribution is 2.41. The maximum Gasteiger partial charge on any atom is 0.143 e. The van der Waals surface area contributed by atoms with Crippen molar-refractivity contribution in [2.24, 2.45) is 11.3 Å². The number of benzene rings is 1. The first kappa shape index (κ1) is 15.6. The van der Waals surface area contributed by atoms with Gasteiger partial charge < -0.3 is 0 Å². The third-order valence-corrected chi connectivity index (χ3v) is 5.00. The minimum absolute atomic E-state index is 0.0504.